The summed E-state index contributed by atoms with van der Waals surface area (Å²) in [5.74, 6) is -9.03. The summed E-state index contributed by atoms with van der Waals surface area (Å²) < 4.78 is 0. The fourth-order valence-electron chi connectivity index (χ4n) is 9.34. The highest BCUT2D eigenvalue weighted by atomic mass is 16.2. The third kappa shape index (κ3) is 17.6. The van der Waals surface area contributed by atoms with Gasteiger partial charge in [0.15, 0.2) is 0 Å². The quantitative estimate of drug-likeness (QED) is 0.0450. The molecule has 2 fully saturated rings. The van der Waals surface area contributed by atoms with Crippen LogP contribution in [0.1, 0.15) is 118 Å². The molecule has 3 heterocycles. The highest BCUT2D eigenvalue weighted by molar-refractivity contribution is 6.36. The number of carbonyl (C=O) groups excluding carboxylic acids is 12. The number of amides is 11. The summed E-state index contributed by atoms with van der Waals surface area (Å²) in [6.07, 6.45) is 4.25. The van der Waals surface area contributed by atoms with E-state index in [1.807, 2.05) is 52.0 Å². The van der Waals surface area contributed by atoms with Gasteiger partial charge in [0.05, 0.1) is 13.1 Å². The second-order valence-electron chi connectivity index (χ2n) is 20.0. The number of aromatic nitrogens is 1. The summed E-state index contributed by atoms with van der Waals surface area (Å²) >= 11 is 0. The van der Waals surface area contributed by atoms with Gasteiger partial charge in [0.2, 0.25) is 64.9 Å². The lowest BCUT2D eigenvalue weighted by Crippen LogP contribution is -2.61. The van der Waals surface area contributed by atoms with Gasteiger partial charge in [-0.3, -0.25) is 57.5 Å². The first-order valence-electron chi connectivity index (χ1n) is 26.3. The van der Waals surface area contributed by atoms with Gasteiger partial charge in [-0.15, -0.1) is 0 Å². The fourth-order valence-corrected chi connectivity index (χ4v) is 9.34. The largest absolute Gasteiger partial charge is 0.368 e. The molecule has 11 amide bonds. The van der Waals surface area contributed by atoms with E-state index in [2.05, 4.69) is 47.5 Å². The molecule has 1 aromatic carbocycles. The molecular formula is C52H78N12O12. The Kier molecular flexibility index (Phi) is 23.8. The van der Waals surface area contributed by atoms with Gasteiger partial charge in [-0.1, -0.05) is 72.1 Å². The zero-order valence-corrected chi connectivity index (χ0v) is 44.8. The van der Waals surface area contributed by atoms with Crippen molar-refractivity contribution in [3.63, 3.8) is 0 Å². The number of hydrogen-bond donors (Lipinski definition) is 10. The maximum atomic E-state index is 14.5. The van der Waals surface area contributed by atoms with Crippen LogP contribution in [0.25, 0.3) is 10.9 Å². The van der Waals surface area contributed by atoms with Crippen molar-refractivity contribution in [1.29, 1.82) is 0 Å². The Morgan fingerprint density at radius 1 is 0.724 bits per heavy atom. The second kappa shape index (κ2) is 29.6. The molecule has 2 aromatic rings. The molecule has 76 heavy (non-hydrogen) atoms. The number of carbonyl (C=O) groups is 12. The van der Waals surface area contributed by atoms with Gasteiger partial charge in [0, 0.05) is 57.0 Å². The zero-order valence-electron chi connectivity index (χ0n) is 44.8. The number of likely N-dealkylation sites (tertiary alicyclic amines) is 2. The summed E-state index contributed by atoms with van der Waals surface area (Å²) in [7, 11) is 1.25. The van der Waals surface area contributed by atoms with Crippen LogP contribution in [0.4, 0.5) is 0 Å². The van der Waals surface area contributed by atoms with Gasteiger partial charge < -0.3 is 63.1 Å². The number of likely N-dealkylation sites (N-methyl/N-ethyl adjacent to an activating group) is 1. The van der Waals surface area contributed by atoms with Crippen LogP contribution in [0.2, 0.25) is 0 Å². The van der Waals surface area contributed by atoms with E-state index in [1.54, 1.807) is 13.1 Å². The van der Waals surface area contributed by atoms with Crippen LogP contribution in [-0.4, -0.2) is 161 Å². The van der Waals surface area contributed by atoms with Crippen LogP contribution in [0.3, 0.4) is 0 Å². The van der Waals surface area contributed by atoms with Crippen LogP contribution >= 0.6 is 0 Å². The summed E-state index contributed by atoms with van der Waals surface area (Å²) in [6.45, 7) is 9.89. The molecule has 0 bridgehead atoms. The molecule has 11 N–H and O–H groups in total. The number of fused-ring (bicyclic) bond motifs is 1. The second-order valence-corrected chi connectivity index (χ2v) is 20.0. The van der Waals surface area contributed by atoms with Gasteiger partial charge in [-0.25, -0.2) is 0 Å². The Bertz CT molecular complexity index is 2440. The number of unbranched alkanes of at least 4 members (excludes halogenated alkanes) is 1. The Morgan fingerprint density at radius 2 is 1.36 bits per heavy atom. The number of nitrogens with two attached hydrogens (primary N) is 1. The first kappa shape index (κ1) is 61.1. The van der Waals surface area contributed by atoms with E-state index < -0.39 is 132 Å². The molecular weight excluding hydrogens is 985 g/mol. The minimum absolute atomic E-state index is 0.0840. The fraction of sp³-hybridized carbons (Fsp3) is 0.615. The SMILES string of the molecule is CCCC[C@H](NC(=O)[C@H](CCC(=O)C(=O)NC)NC(=O)CNC(=O)[C@@H]1CCCN1C(=O)CNC(C)=O)C(=O)NC(C(=O)N[C@@H](CC(C)C)C(=O)N1CCC[C@H]1C(=O)N[C@@H](Cc1c[nH]c2ccccc12)C(N)=O)[C@H](C)CC. The van der Waals surface area contributed by atoms with Crippen LogP contribution in [0.15, 0.2) is 30.5 Å². The molecule has 1 unspecified atom stereocenters. The number of hydrogen-bond acceptors (Lipinski definition) is 12. The van der Waals surface area contributed by atoms with Crippen molar-refractivity contribution in [1.82, 2.24) is 57.3 Å². The van der Waals surface area contributed by atoms with E-state index in [0.717, 1.165) is 16.5 Å². The molecule has 0 aliphatic carbocycles. The van der Waals surface area contributed by atoms with Gasteiger partial charge in [-0.05, 0) is 68.4 Å². The van der Waals surface area contributed by atoms with Crippen LogP contribution < -0.4 is 48.3 Å². The molecule has 24 nitrogen and oxygen atoms in total. The Labute approximate surface area is 443 Å². The standard InChI is InChI=1S/C52H78N12O12/c1-8-10-16-35(59-46(70)36(20-21-41(66)50(74)54-7)58-42(67)27-57-48(72)39-18-13-22-63(39)43(68)28-55-31(6)65)47(71)62-44(30(5)9-2)51(75)61-38(24-29(3)4)52(76)64-23-14-19-40(64)49(73)60-37(45(53)69)25-32-26-56-34-17-12-11-15-33(32)34/h11-12,15,17,26,29-30,35-40,44,56H,8-10,13-14,16,18-25,27-28H2,1-7H3,(H2,53,69)(H,54,74)(H,55,65)(H,57,72)(H,58,67)(H,59,70)(H,60,73)(H,61,75)(H,62,71)/t30-,35+,36+,37+,38+,39+,40+,44?/m1/s1. The smallest absolute Gasteiger partial charge is 0.287 e. The lowest BCUT2D eigenvalue weighted by molar-refractivity contribution is -0.143. The van der Waals surface area contributed by atoms with E-state index in [1.165, 1.54) is 23.8 Å². The molecule has 0 saturated carbocycles. The number of ketones is 1. The van der Waals surface area contributed by atoms with Crippen molar-refractivity contribution in [2.75, 3.05) is 33.2 Å². The number of H-pyrrole nitrogens is 1. The molecule has 0 spiro atoms. The normalized spacial score (nSPS) is 17.5. The van der Waals surface area contributed by atoms with E-state index in [9.17, 15) is 57.5 Å². The topological polar surface area (TPSA) is 349 Å². The van der Waals surface area contributed by atoms with E-state index in [-0.39, 0.29) is 51.2 Å². The summed E-state index contributed by atoms with van der Waals surface area (Å²) in [4.78, 5) is 165. The molecule has 2 aliphatic heterocycles. The Morgan fingerprint density at radius 3 is 1.99 bits per heavy atom. The maximum absolute atomic E-state index is 14.5. The van der Waals surface area contributed by atoms with Crippen molar-refractivity contribution in [2.45, 2.75) is 161 Å². The first-order valence-corrected chi connectivity index (χ1v) is 26.3. The molecule has 1 aromatic heterocycles. The number of para-hydroxylation sites is 1. The van der Waals surface area contributed by atoms with Crippen molar-refractivity contribution in [3.05, 3.63) is 36.0 Å². The van der Waals surface area contributed by atoms with E-state index in [4.69, 9.17) is 5.73 Å². The molecule has 418 valence electrons. The third-order valence-electron chi connectivity index (χ3n) is 13.8. The predicted molar refractivity (Wildman–Crippen MR) is 279 cm³/mol. The van der Waals surface area contributed by atoms with Gasteiger partial charge in [0.25, 0.3) is 5.91 Å². The summed E-state index contributed by atoms with van der Waals surface area (Å²) in [5, 5.41) is 21.5. The Hall–Kier alpha value is -7.40. The number of Topliss-reactive ketones (excluding diaryl/α,β-unsaturated/α-hetero) is 1. The number of aromatic amines is 1. The molecule has 0 radical (unpaired) electrons. The average molecular weight is 1060 g/mol. The molecule has 2 aliphatic rings. The first-order chi connectivity index (χ1) is 36.1. The van der Waals surface area contributed by atoms with Gasteiger partial charge >= 0.3 is 0 Å². The number of primary amides is 1. The lowest BCUT2D eigenvalue weighted by Gasteiger charge is -2.32. The highest BCUT2D eigenvalue weighted by Gasteiger charge is 2.41. The molecule has 24 heteroatoms. The maximum Gasteiger partial charge on any atom is 0.287 e. The van der Waals surface area contributed by atoms with Gasteiger partial charge in [-0.2, -0.15) is 0 Å². The minimum Gasteiger partial charge on any atom is -0.368 e. The summed E-state index contributed by atoms with van der Waals surface area (Å²) in [6, 6.07) is -0.586. The lowest BCUT2D eigenvalue weighted by atomic mass is 9.95. The Balaban J connectivity index is 1.48. The number of nitrogens with one attached hydrogen (secondary N) is 9. The predicted octanol–water partition coefficient (Wildman–Crippen LogP) is -0.768. The number of benzene rings is 1. The summed E-state index contributed by atoms with van der Waals surface area (Å²) in [5.41, 5.74) is 7.40. The van der Waals surface area contributed by atoms with Gasteiger partial charge in [0.1, 0.15) is 42.3 Å². The monoisotopic (exact) mass is 1060 g/mol. The molecule has 4 rings (SSSR count). The van der Waals surface area contributed by atoms with Crippen molar-refractivity contribution >= 4 is 81.7 Å². The highest BCUT2D eigenvalue weighted by Crippen LogP contribution is 2.23. The van der Waals surface area contributed by atoms with E-state index in [0.29, 0.717) is 44.9 Å². The van der Waals surface area contributed by atoms with Crippen molar-refractivity contribution < 1.29 is 57.5 Å². The van der Waals surface area contributed by atoms with Crippen LogP contribution in [0.5, 0.6) is 0 Å². The number of nitrogens with zero attached hydrogens (tertiary/aromatic N) is 2. The van der Waals surface area contributed by atoms with Crippen molar-refractivity contribution in [2.24, 2.45) is 17.6 Å². The molecule has 2 saturated heterocycles. The van der Waals surface area contributed by atoms with E-state index >= 15 is 0 Å². The number of rotatable bonds is 29. The van der Waals surface area contributed by atoms with Crippen LogP contribution in [-0.2, 0) is 64.0 Å². The third-order valence-corrected chi connectivity index (χ3v) is 13.8. The molecule has 8 atom stereocenters. The average Bonchev–Trinajstić information content (AvgIpc) is 4.19. The zero-order chi connectivity index (χ0) is 56.2. The van der Waals surface area contributed by atoms with Crippen LogP contribution in [0, 0.1) is 11.8 Å². The van der Waals surface area contributed by atoms with Crippen molar-refractivity contribution in [3.8, 4) is 0 Å². The minimum atomic E-state index is -1.49.